The molecule has 0 fully saturated rings. The molecule has 0 N–H and O–H groups in total. The Balaban J connectivity index is 1.89. The van der Waals surface area contributed by atoms with Crippen LogP contribution in [0.3, 0.4) is 0 Å². The van der Waals surface area contributed by atoms with Crippen LogP contribution in [0.5, 0.6) is 0 Å². The molecule has 3 aliphatic rings. The van der Waals surface area contributed by atoms with Gasteiger partial charge < -0.3 is 14.2 Å². The number of allylic oxidation sites excluding steroid dienone is 1. The van der Waals surface area contributed by atoms with Gasteiger partial charge in [-0.2, -0.15) is 0 Å². The standard InChI is InChI=1S/C17H15ClO5/c1-21-16(20)14-8-11-2-3-12(9-22-17(14)23-15(11)19)10-4-6-13(18)7-5-10/h3-8,11,17H,2,9H2,1H3/b12-3+/t11-,17-/m0/s1. The van der Waals surface area contributed by atoms with Crippen LogP contribution in [-0.2, 0) is 23.8 Å². The highest BCUT2D eigenvalue weighted by molar-refractivity contribution is 6.30. The van der Waals surface area contributed by atoms with E-state index in [0.29, 0.717) is 11.4 Å². The maximum absolute atomic E-state index is 12.0. The van der Waals surface area contributed by atoms with Gasteiger partial charge in [-0.3, -0.25) is 4.79 Å². The first-order valence-corrected chi connectivity index (χ1v) is 7.53. The van der Waals surface area contributed by atoms with Crippen molar-refractivity contribution in [1.82, 2.24) is 0 Å². The van der Waals surface area contributed by atoms with Crippen molar-refractivity contribution in [1.29, 1.82) is 0 Å². The second kappa shape index (κ2) is 6.56. The van der Waals surface area contributed by atoms with Crippen molar-refractivity contribution >= 4 is 29.1 Å². The van der Waals surface area contributed by atoms with Crippen LogP contribution in [0.4, 0.5) is 0 Å². The molecular weight excluding hydrogens is 320 g/mol. The summed E-state index contributed by atoms with van der Waals surface area (Å²) in [6.45, 7) is 0.209. The number of methoxy groups -OCH3 is 1. The van der Waals surface area contributed by atoms with E-state index in [0.717, 1.165) is 11.1 Å². The van der Waals surface area contributed by atoms with Gasteiger partial charge in [-0.25, -0.2) is 4.79 Å². The molecule has 23 heavy (non-hydrogen) atoms. The first-order chi connectivity index (χ1) is 11.1. The van der Waals surface area contributed by atoms with E-state index in [2.05, 4.69) is 0 Å². The third-order valence-corrected chi connectivity index (χ3v) is 4.06. The summed E-state index contributed by atoms with van der Waals surface area (Å²) in [5.74, 6) is -1.48. The largest absolute Gasteiger partial charge is 0.465 e. The Morgan fingerprint density at radius 2 is 2.04 bits per heavy atom. The zero-order valence-electron chi connectivity index (χ0n) is 12.5. The second-order valence-electron chi connectivity index (χ2n) is 5.27. The van der Waals surface area contributed by atoms with Gasteiger partial charge in [0, 0.05) is 5.02 Å². The predicted octanol–water partition coefficient (Wildman–Crippen LogP) is 2.74. The van der Waals surface area contributed by atoms with E-state index >= 15 is 0 Å². The highest BCUT2D eigenvalue weighted by atomic mass is 35.5. The summed E-state index contributed by atoms with van der Waals surface area (Å²) in [5, 5.41) is 0.645. The topological polar surface area (TPSA) is 61.8 Å². The zero-order chi connectivity index (χ0) is 16.4. The molecule has 3 heterocycles. The van der Waals surface area contributed by atoms with Crippen LogP contribution in [0.2, 0.25) is 5.02 Å². The van der Waals surface area contributed by atoms with Crippen LogP contribution >= 0.6 is 11.6 Å². The van der Waals surface area contributed by atoms with E-state index in [-0.39, 0.29) is 12.2 Å². The van der Waals surface area contributed by atoms with E-state index in [1.165, 1.54) is 7.11 Å². The smallest absolute Gasteiger partial charge is 0.339 e. The lowest BCUT2D eigenvalue weighted by Crippen LogP contribution is -2.35. The SMILES string of the molecule is COC(=O)C1=C[C@@H]2C/C=C(/c3ccc(Cl)cc3)CO[C@H]1OC2=O. The van der Waals surface area contributed by atoms with Crippen LogP contribution in [0, 0.1) is 5.92 Å². The molecule has 0 amide bonds. The predicted molar refractivity (Wildman–Crippen MR) is 83.5 cm³/mol. The number of carbonyl (C=O) groups excluding carboxylic acids is 2. The van der Waals surface area contributed by atoms with Crippen molar-refractivity contribution < 1.29 is 23.8 Å². The number of rotatable bonds is 2. The van der Waals surface area contributed by atoms with E-state index < -0.39 is 24.1 Å². The Hall–Kier alpha value is -2.11. The van der Waals surface area contributed by atoms with E-state index in [1.54, 1.807) is 18.2 Å². The summed E-state index contributed by atoms with van der Waals surface area (Å²) in [6, 6.07) is 7.35. The zero-order valence-corrected chi connectivity index (χ0v) is 13.2. The van der Waals surface area contributed by atoms with E-state index in [9.17, 15) is 9.59 Å². The van der Waals surface area contributed by atoms with Gasteiger partial charge in [0.1, 0.15) is 5.57 Å². The minimum absolute atomic E-state index is 0.209. The number of benzene rings is 1. The Kier molecular flexibility index (Phi) is 4.50. The van der Waals surface area contributed by atoms with Gasteiger partial charge >= 0.3 is 11.9 Å². The van der Waals surface area contributed by atoms with Crippen molar-refractivity contribution in [2.45, 2.75) is 12.7 Å². The number of carbonyl (C=O) groups is 2. The molecule has 5 nitrogen and oxygen atoms in total. The van der Waals surface area contributed by atoms with Crippen LogP contribution in [0.25, 0.3) is 5.57 Å². The molecule has 1 aromatic carbocycles. The fourth-order valence-electron chi connectivity index (χ4n) is 2.55. The van der Waals surface area contributed by atoms with Gasteiger partial charge in [-0.15, -0.1) is 0 Å². The minimum atomic E-state index is -1.04. The lowest BCUT2D eigenvalue weighted by atomic mass is 9.97. The van der Waals surface area contributed by atoms with Crippen molar-refractivity contribution in [3.8, 4) is 0 Å². The number of esters is 2. The van der Waals surface area contributed by atoms with Crippen LogP contribution in [0.15, 0.2) is 42.0 Å². The average Bonchev–Trinajstić information content (AvgIpc) is 2.69. The highest BCUT2D eigenvalue weighted by Gasteiger charge is 2.36. The Labute approximate surface area is 138 Å². The normalized spacial score (nSPS) is 26.1. The third-order valence-electron chi connectivity index (χ3n) is 3.81. The maximum Gasteiger partial charge on any atom is 0.339 e. The molecule has 0 spiro atoms. The minimum Gasteiger partial charge on any atom is -0.465 e. The number of fused-ring (bicyclic) bond motifs is 4. The van der Waals surface area contributed by atoms with Crippen molar-refractivity contribution in [3.63, 3.8) is 0 Å². The first kappa shape index (κ1) is 15.8. The molecule has 0 radical (unpaired) electrons. The van der Waals surface area contributed by atoms with Gasteiger partial charge in [0.15, 0.2) is 0 Å². The molecule has 0 saturated heterocycles. The van der Waals surface area contributed by atoms with Crippen molar-refractivity contribution in [2.75, 3.05) is 13.7 Å². The molecule has 0 aromatic heterocycles. The molecule has 2 atom stereocenters. The summed E-state index contributed by atoms with van der Waals surface area (Å²) in [6.07, 6.45) is 2.88. The second-order valence-corrected chi connectivity index (χ2v) is 5.71. The summed E-state index contributed by atoms with van der Waals surface area (Å²) in [4.78, 5) is 23.8. The molecule has 120 valence electrons. The van der Waals surface area contributed by atoms with Gasteiger partial charge in [0.25, 0.3) is 0 Å². The van der Waals surface area contributed by atoms with Crippen LogP contribution in [0.1, 0.15) is 12.0 Å². The fourth-order valence-corrected chi connectivity index (χ4v) is 2.67. The average molecular weight is 335 g/mol. The molecule has 4 rings (SSSR count). The molecule has 3 aliphatic heterocycles. The summed E-state index contributed by atoms with van der Waals surface area (Å²) in [5.41, 5.74) is 2.08. The molecule has 1 aromatic rings. The highest BCUT2D eigenvalue weighted by Crippen LogP contribution is 2.29. The first-order valence-electron chi connectivity index (χ1n) is 7.15. The Morgan fingerprint density at radius 3 is 2.74 bits per heavy atom. The van der Waals surface area contributed by atoms with Gasteiger partial charge in [-0.1, -0.05) is 35.9 Å². The van der Waals surface area contributed by atoms with Crippen LogP contribution in [-0.4, -0.2) is 31.9 Å². The maximum atomic E-state index is 12.0. The van der Waals surface area contributed by atoms with Crippen molar-refractivity contribution in [2.24, 2.45) is 5.92 Å². The number of ether oxygens (including phenoxy) is 3. The lowest BCUT2D eigenvalue weighted by molar-refractivity contribution is -0.177. The summed E-state index contributed by atoms with van der Waals surface area (Å²) >= 11 is 5.91. The molecule has 6 heteroatoms. The number of hydrogen-bond donors (Lipinski definition) is 0. The fraction of sp³-hybridized carbons (Fsp3) is 0.294. The van der Waals surface area contributed by atoms with E-state index in [4.69, 9.17) is 25.8 Å². The van der Waals surface area contributed by atoms with E-state index in [1.807, 2.05) is 18.2 Å². The Morgan fingerprint density at radius 1 is 1.30 bits per heavy atom. The third kappa shape index (κ3) is 3.30. The number of halogens is 1. The molecule has 0 unspecified atom stereocenters. The summed E-state index contributed by atoms with van der Waals surface area (Å²) < 4.78 is 15.6. The van der Waals surface area contributed by atoms with Gasteiger partial charge in [0.2, 0.25) is 6.29 Å². The lowest BCUT2D eigenvalue weighted by Gasteiger charge is -2.25. The monoisotopic (exact) mass is 334 g/mol. The van der Waals surface area contributed by atoms with Crippen molar-refractivity contribution in [3.05, 3.63) is 52.6 Å². The van der Waals surface area contributed by atoms with Crippen LogP contribution < -0.4 is 0 Å². The summed E-state index contributed by atoms with van der Waals surface area (Å²) in [7, 11) is 1.28. The molecule has 0 aliphatic carbocycles. The van der Waals surface area contributed by atoms with Gasteiger partial charge in [0.05, 0.1) is 19.6 Å². The molecular formula is C17H15ClO5. The van der Waals surface area contributed by atoms with Gasteiger partial charge in [-0.05, 0) is 29.7 Å². The molecule has 2 bridgehead atoms. The number of hydrogen-bond acceptors (Lipinski definition) is 5. The quantitative estimate of drug-likeness (QED) is 0.778. The Bertz CT molecular complexity index is 689. The molecule has 0 saturated carbocycles.